The summed E-state index contributed by atoms with van der Waals surface area (Å²) >= 11 is 0. The van der Waals surface area contributed by atoms with Crippen LogP contribution in [0.25, 0.3) is 11.1 Å². The maximum atomic E-state index is 13.3. The predicted molar refractivity (Wildman–Crippen MR) is 135 cm³/mol. The molecule has 0 aromatic heterocycles. The third-order valence-electron chi connectivity index (χ3n) is 6.81. The highest BCUT2D eigenvalue weighted by molar-refractivity contribution is 5.95. The van der Waals surface area contributed by atoms with E-state index in [9.17, 15) is 14.6 Å². The van der Waals surface area contributed by atoms with E-state index in [-0.39, 0.29) is 17.6 Å². The summed E-state index contributed by atoms with van der Waals surface area (Å²) in [5, 5.41) is 20.1. The number of hydrogen-bond acceptors (Lipinski definition) is 5. The Hall–Kier alpha value is -3.51. The van der Waals surface area contributed by atoms with Crippen LogP contribution in [-0.2, 0) is 0 Å². The molecule has 5 rings (SSSR count). The molecule has 182 valence electrons. The van der Waals surface area contributed by atoms with Crippen LogP contribution in [-0.4, -0.2) is 47.5 Å². The van der Waals surface area contributed by atoms with E-state index in [1.165, 1.54) is 0 Å². The lowest BCUT2D eigenvalue weighted by Crippen LogP contribution is -2.37. The highest BCUT2D eigenvalue weighted by Gasteiger charge is 2.29. The Morgan fingerprint density at radius 3 is 2.46 bits per heavy atom. The quantitative estimate of drug-likeness (QED) is 0.460. The van der Waals surface area contributed by atoms with E-state index in [1.807, 2.05) is 43.3 Å². The number of likely N-dealkylation sites (tertiary alicyclic amines) is 1. The van der Waals surface area contributed by atoms with Gasteiger partial charge in [0.2, 0.25) is 0 Å². The molecule has 0 spiro atoms. The monoisotopic (exact) mass is 475 g/mol. The minimum absolute atomic E-state index is 0.177. The molecule has 1 saturated heterocycles. The Labute approximate surface area is 205 Å². The summed E-state index contributed by atoms with van der Waals surface area (Å²) in [7, 11) is 0. The molecule has 5 nitrogen and oxygen atoms in total. The maximum absolute atomic E-state index is 13.3. The van der Waals surface area contributed by atoms with E-state index < -0.39 is 6.17 Å². The smallest absolute Gasteiger partial charge is 0.150 e. The summed E-state index contributed by atoms with van der Waals surface area (Å²) in [6.07, 6.45) is 0.160. The average molecular weight is 476 g/mol. The van der Waals surface area contributed by atoms with Crippen LogP contribution < -0.4 is 9.47 Å². The number of aromatic hydroxyl groups is 2. The molecule has 3 aromatic carbocycles. The first kappa shape index (κ1) is 23.2. The van der Waals surface area contributed by atoms with Gasteiger partial charge < -0.3 is 19.7 Å². The fourth-order valence-corrected chi connectivity index (χ4v) is 4.87. The molecule has 2 aliphatic heterocycles. The molecule has 0 aliphatic carbocycles. The zero-order valence-corrected chi connectivity index (χ0v) is 19.8. The molecule has 35 heavy (non-hydrogen) atoms. The highest BCUT2D eigenvalue weighted by atomic mass is 19.1. The number of nitrogens with zero attached hydrogens (tertiary/aromatic N) is 1. The van der Waals surface area contributed by atoms with E-state index in [0.717, 1.165) is 53.2 Å². The van der Waals surface area contributed by atoms with Crippen LogP contribution in [0.1, 0.15) is 42.6 Å². The summed E-state index contributed by atoms with van der Waals surface area (Å²) < 4.78 is 25.7. The number of alkyl halides is 1. The lowest BCUT2D eigenvalue weighted by molar-refractivity contribution is 0.132. The molecule has 2 aliphatic rings. The molecule has 0 amide bonds. The molecule has 2 heterocycles. The van der Waals surface area contributed by atoms with Crippen molar-refractivity contribution in [2.24, 2.45) is 0 Å². The number of phenols is 2. The third-order valence-corrected chi connectivity index (χ3v) is 6.81. The van der Waals surface area contributed by atoms with Gasteiger partial charge in [-0.3, -0.25) is 4.90 Å². The van der Waals surface area contributed by atoms with E-state index in [2.05, 4.69) is 4.90 Å². The molecule has 1 fully saturated rings. The molecular weight excluding hydrogens is 445 g/mol. The second-order valence-electron chi connectivity index (χ2n) is 9.20. The normalized spacial score (nSPS) is 18.7. The lowest BCUT2D eigenvalue weighted by Gasteiger charge is -2.31. The Kier molecular flexibility index (Phi) is 6.64. The van der Waals surface area contributed by atoms with Crippen molar-refractivity contribution in [2.75, 3.05) is 26.2 Å². The number of benzene rings is 3. The zero-order valence-electron chi connectivity index (χ0n) is 19.8. The van der Waals surface area contributed by atoms with Gasteiger partial charge in [0.1, 0.15) is 41.9 Å². The van der Waals surface area contributed by atoms with E-state index in [0.29, 0.717) is 25.2 Å². The first-order valence-electron chi connectivity index (χ1n) is 12.1. The predicted octanol–water partition coefficient (Wildman–Crippen LogP) is 5.97. The van der Waals surface area contributed by atoms with Crippen LogP contribution in [0, 0.1) is 0 Å². The van der Waals surface area contributed by atoms with Gasteiger partial charge in [-0.25, -0.2) is 4.39 Å². The van der Waals surface area contributed by atoms with Crippen LogP contribution in [0.4, 0.5) is 4.39 Å². The van der Waals surface area contributed by atoms with Crippen molar-refractivity contribution in [1.29, 1.82) is 0 Å². The van der Waals surface area contributed by atoms with Gasteiger partial charge in [-0.05, 0) is 78.9 Å². The number of ether oxygens (including phenoxy) is 2. The zero-order chi connectivity index (χ0) is 24.4. The van der Waals surface area contributed by atoms with Crippen LogP contribution >= 0.6 is 0 Å². The molecule has 6 heteroatoms. The summed E-state index contributed by atoms with van der Waals surface area (Å²) in [4.78, 5) is 2.24. The fraction of sp³-hybridized carbons (Fsp3) is 0.310. The number of hydrogen-bond donors (Lipinski definition) is 2. The van der Waals surface area contributed by atoms with Gasteiger partial charge >= 0.3 is 0 Å². The van der Waals surface area contributed by atoms with Crippen LogP contribution in [0.3, 0.4) is 0 Å². The van der Waals surface area contributed by atoms with E-state index >= 15 is 0 Å². The molecule has 0 radical (unpaired) electrons. The number of rotatable bonds is 6. The number of allylic oxidation sites excluding steroid dienone is 1. The summed E-state index contributed by atoms with van der Waals surface area (Å²) in [6.45, 7) is 4.92. The minimum Gasteiger partial charge on any atom is -0.508 e. The molecule has 1 atom stereocenters. The number of halogens is 1. The molecule has 2 N–H and O–H groups in total. The van der Waals surface area contributed by atoms with Gasteiger partial charge in [0.05, 0.1) is 0 Å². The number of piperidine rings is 1. The first-order valence-corrected chi connectivity index (χ1v) is 12.1. The van der Waals surface area contributed by atoms with Gasteiger partial charge in [-0.2, -0.15) is 0 Å². The van der Waals surface area contributed by atoms with Crippen molar-refractivity contribution >= 4 is 11.1 Å². The number of phenolic OH excluding ortho intramolecular Hbond substituents is 2. The molecular formula is C29H30FNO4. The third kappa shape index (κ3) is 5.13. The minimum atomic E-state index is -0.665. The van der Waals surface area contributed by atoms with Gasteiger partial charge in [0, 0.05) is 30.8 Å². The molecule has 0 bridgehead atoms. The van der Waals surface area contributed by atoms with Crippen molar-refractivity contribution < 1.29 is 24.1 Å². The van der Waals surface area contributed by atoms with E-state index in [4.69, 9.17) is 9.47 Å². The van der Waals surface area contributed by atoms with Crippen molar-refractivity contribution in [3.05, 3.63) is 83.4 Å². The van der Waals surface area contributed by atoms with E-state index in [1.54, 1.807) is 30.3 Å². The highest BCUT2D eigenvalue weighted by Crippen LogP contribution is 2.47. The molecule has 1 unspecified atom stereocenters. The Balaban J connectivity index is 1.37. The largest absolute Gasteiger partial charge is 0.508 e. The van der Waals surface area contributed by atoms with Gasteiger partial charge in [-0.15, -0.1) is 0 Å². The standard InChI is InChI=1S/C29H30FNO4/c1-19-26-18-24(33)7-10-27(26)35-29(28(19)21-3-2-4-23(32)17-21)20-5-8-25(9-6-20)34-16-15-31-13-11-22(30)12-14-31/h2-10,17-18,22,29,32-33H,11-16H2,1H3. The number of fused-ring (bicyclic) bond motifs is 1. The summed E-state index contributed by atoms with van der Waals surface area (Å²) in [5.74, 6) is 1.83. The second kappa shape index (κ2) is 10.0. The lowest BCUT2D eigenvalue weighted by atomic mass is 9.86. The van der Waals surface area contributed by atoms with Crippen LogP contribution in [0.15, 0.2) is 66.7 Å². The molecule has 0 saturated carbocycles. The van der Waals surface area contributed by atoms with Crippen LogP contribution in [0.5, 0.6) is 23.0 Å². The van der Waals surface area contributed by atoms with Crippen molar-refractivity contribution in [1.82, 2.24) is 4.90 Å². The SMILES string of the molecule is CC1=C(c2cccc(O)c2)C(c2ccc(OCCN3CCC(F)CC3)cc2)Oc2ccc(O)cc21. The summed E-state index contributed by atoms with van der Waals surface area (Å²) in [6, 6.07) is 20.1. The fourth-order valence-electron chi connectivity index (χ4n) is 4.87. The average Bonchev–Trinajstić information content (AvgIpc) is 2.86. The topological polar surface area (TPSA) is 62.2 Å². The Morgan fingerprint density at radius 1 is 0.971 bits per heavy atom. The molecule has 3 aromatic rings. The van der Waals surface area contributed by atoms with Crippen LogP contribution in [0.2, 0.25) is 0 Å². The second-order valence-corrected chi connectivity index (χ2v) is 9.20. The maximum Gasteiger partial charge on any atom is 0.150 e. The van der Waals surface area contributed by atoms with Gasteiger partial charge in [-0.1, -0.05) is 24.3 Å². The first-order chi connectivity index (χ1) is 17.0. The Bertz CT molecular complexity index is 1220. The summed E-state index contributed by atoms with van der Waals surface area (Å²) in [5.41, 5.74) is 4.56. The van der Waals surface area contributed by atoms with Crippen molar-refractivity contribution in [2.45, 2.75) is 32.0 Å². The van der Waals surface area contributed by atoms with Gasteiger partial charge in [0.25, 0.3) is 0 Å². The van der Waals surface area contributed by atoms with Gasteiger partial charge in [0.15, 0.2) is 0 Å². The van der Waals surface area contributed by atoms with Crippen molar-refractivity contribution in [3.8, 4) is 23.0 Å². The van der Waals surface area contributed by atoms with Crippen molar-refractivity contribution in [3.63, 3.8) is 0 Å². The Morgan fingerprint density at radius 2 is 1.71 bits per heavy atom.